The van der Waals surface area contributed by atoms with Crippen LogP contribution in [0.4, 0.5) is 0 Å². The van der Waals surface area contributed by atoms with Crippen LogP contribution in [0.3, 0.4) is 0 Å². The molecule has 1 atom stereocenters. The molecule has 2 nitrogen and oxygen atoms in total. The van der Waals surface area contributed by atoms with Crippen molar-refractivity contribution in [1.29, 1.82) is 0 Å². The predicted molar refractivity (Wildman–Crippen MR) is 44.0 cm³/mol. The molecule has 0 amide bonds. The highest BCUT2D eigenvalue weighted by molar-refractivity contribution is 4.51. The van der Waals surface area contributed by atoms with Gasteiger partial charge in [0, 0.05) is 0 Å². The van der Waals surface area contributed by atoms with Crippen molar-refractivity contribution in [3.63, 3.8) is 0 Å². The molecule has 0 saturated heterocycles. The van der Waals surface area contributed by atoms with Crippen molar-refractivity contribution in [2.24, 2.45) is 11.1 Å². The van der Waals surface area contributed by atoms with E-state index in [1.807, 2.05) is 0 Å². The Morgan fingerprint density at radius 3 is 2.60 bits per heavy atom. The average Bonchev–Trinajstić information content (AvgIpc) is 1.98. The minimum atomic E-state index is 0.496. The number of rotatable bonds is 6. The monoisotopic (exact) mass is 143 g/mol. The summed E-state index contributed by atoms with van der Waals surface area (Å²) in [5.41, 5.74) is 0. The Labute approximate surface area is 63.0 Å². The van der Waals surface area contributed by atoms with Gasteiger partial charge in [-0.2, -0.15) is 4.91 Å². The summed E-state index contributed by atoms with van der Waals surface area (Å²) >= 11 is 0. The van der Waals surface area contributed by atoms with Crippen LogP contribution in [0, 0.1) is 10.8 Å². The zero-order chi connectivity index (χ0) is 7.82. The summed E-state index contributed by atoms with van der Waals surface area (Å²) < 4.78 is 0. The molecule has 60 valence electrons. The zero-order valence-corrected chi connectivity index (χ0v) is 6.97. The lowest BCUT2D eigenvalue weighted by molar-refractivity contribution is 0.487. The van der Waals surface area contributed by atoms with Gasteiger partial charge in [0.15, 0.2) is 0 Å². The summed E-state index contributed by atoms with van der Waals surface area (Å²) in [6.07, 6.45) is 4.61. The van der Waals surface area contributed by atoms with E-state index in [2.05, 4.69) is 19.0 Å². The van der Waals surface area contributed by atoms with E-state index in [0.29, 0.717) is 6.54 Å². The normalized spacial score (nSPS) is 13.0. The third-order valence-electron chi connectivity index (χ3n) is 1.89. The van der Waals surface area contributed by atoms with Crippen LogP contribution in [0.1, 0.15) is 39.5 Å². The first-order valence-corrected chi connectivity index (χ1v) is 4.10. The lowest BCUT2D eigenvalue weighted by Crippen LogP contribution is -1.92. The van der Waals surface area contributed by atoms with Crippen LogP contribution < -0.4 is 0 Å². The van der Waals surface area contributed by atoms with E-state index in [-0.39, 0.29) is 0 Å². The highest BCUT2D eigenvalue weighted by atomic mass is 16.3. The molecule has 0 rings (SSSR count). The first-order chi connectivity index (χ1) is 4.81. The fourth-order valence-electron chi connectivity index (χ4n) is 0.873. The van der Waals surface area contributed by atoms with Crippen molar-refractivity contribution in [3.8, 4) is 0 Å². The Hall–Kier alpha value is -0.400. The minimum absolute atomic E-state index is 0.496. The second kappa shape index (κ2) is 6.72. The van der Waals surface area contributed by atoms with Crippen LogP contribution in [0.25, 0.3) is 0 Å². The maximum atomic E-state index is 9.67. The first kappa shape index (κ1) is 9.60. The quantitative estimate of drug-likeness (QED) is 0.415. The smallest absolute Gasteiger partial charge is 0.0811 e. The SMILES string of the molecule is CCC(C)CCCCN=O. The van der Waals surface area contributed by atoms with E-state index >= 15 is 0 Å². The maximum absolute atomic E-state index is 9.67. The van der Waals surface area contributed by atoms with Gasteiger partial charge in [-0.05, 0) is 12.3 Å². The molecular formula is C8H17NO. The zero-order valence-electron chi connectivity index (χ0n) is 6.97. The second-order valence-electron chi connectivity index (χ2n) is 2.86. The van der Waals surface area contributed by atoms with Crippen molar-refractivity contribution in [2.45, 2.75) is 39.5 Å². The predicted octanol–water partition coefficient (Wildman–Crippen LogP) is 2.97. The molecule has 0 saturated carbocycles. The lowest BCUT2D eigenvalue weighted by Gasteiger charge is -2.05. The van der Waals surface area contributed by atoms with E-state index in [4.69, 9.17) is 0 Å². The largest absolute Gasteiger partial charge is 0.151 e. The molecule has 2 heteroatoms. The van der Waals surface area contributed by atoms with Gasteiger partial charge in [0.2, 0.25) is 0 Å². The molecule has 1 unspecified atom stereocenters. The van der Waals surface area contributed by atoms with Crippen molar-refractivity contribution in [1.82, 2.24) is 0 Å². The molecule has 0 aromatic rings. The Kier molecular flexibility index (Phi) is 6.45. The van der Waals surface area contributed by atoms with E-state index in [1.165, 1.54) is 12.8 Å². The Morgan fingerprint density at radius 1 is 1.40 bits per heavy atom. The van der Waals surface area contributed by atoms with Gasteiger partial charge in [-0.3, -0.25) is 0 Å². The summed E-state index contributed by atoms with van der Waals surface area (Å²) in [4.78, 5) is 9.67. The molecule has 10 heavy (non-hydrogen) atoms. The molecule has 0 aromatic heterocycles. The van der Waals surface area contributed by atoms with Gasteiger partial charge in [-0.1, -0.05) is 38.3 Å². The van der Waals surface area contributed by atoms with Crippen LogP contribution >= 0.6 is 0 Å². The maximum Gasteiger partial charge on any atom is 0.0811 e. The van der Waals surface area contributed by atoms with Crippen LogP contribution in [0.5, 0.6) is 0 Å². The number of unbranched alkanes of at least 4 members (excludes halogenated alkanes) is 1. The number of nitrogens with zero attached hydrogens (tertiary/aromatic N) is 1. The van der Waals surface area contributed by atoms with E-state index in [0.717, 1.165) is 18.8 Å². The standard InChI is InChI=1S/C8H17NO/c1-3-8(2)6-4-5-7-9-10/h8H,3-7H2,1-2H3. The molecular weight excluding hydrogens is 126 g/mol. The Bertz CT molecular complexity index is 83.3. The van der Waals surface area contributed by atoms with E-state index in [1.54, 1.807) is 0 Å². The van der Waals surface area contributed by atoms with Gasteiger partial charge in [-0.25, -0.2) is 0 Å². The van der Waals surface area contributed by atoms with Gasteiger partial charge in [-0.15, -0.1) is 0 Å². The fourth-order valence-corrected chi connectivity index (χ4v) is 0.873. The van der Waals surface area contributed by atoms with Crippen molar-refractivity contribution < 1.29 is 0 Å². The summed E-state index contributed by atoms with van der Waals surface area (Å²) in [5, 5.41) is 2.81. The van der Waals surface area contributed by atoms with Gasteiger partial charge in [0.1, 0.15) is 0 Å². The highest BCUT2D eigenvalue weighted by Crippen LogP contribution is 2.10. The second-order valence-corrected chi connectivity index (χ2v) is 2.86. The van der Waals surface area contributed by atoms with Crippen molar-refractivity contribution in [2.75, 3.05) is 6.54 Å². The van der Waals surface area contributed by atoms with Crippen LogP contribution in [0.2, 0.25) is 0 Å². The number of hydrogen-bond donors (Lipinski definition) is 0. The van der Waals surface area contributed by atoms with Crippen molar-refractivity contribution >= 4 is 0 Å². The summed E-state index contributed by atoms with van der Waals surface area (Å²) in [7, 11) is 0. The summed E-state index contributed by atoms with van der Waals surface area (Å²) in [5.74, 6) is 0.812. The molecule has 0 heterocycles. The molecule has 0 aromatic carbocycles. The van der Waals surface area contributed by atoms with Crippen molar-refractivity contribution in [3.05, 3.63) is 4.91 Å². The minimum Gasteiger partial charge on any atom is -0.151 e. The van der Waals surface area contributed by atoms with Gasteiger partial charge < -0.3 is 0 Å². The highest BCUT2D eigenvalue weighted by Gasteiger charge is 1.96. The van der Waals surface area contributed by atoms with Crippen LogP contribution in [0.15, 0.2) is 5.18 Å². The van der Waals surface area contributed by atoms with Gasteiger partial charge in [0.05, 0.1) is 6.54 Å². The molecule has 0 radical (unpaired) electrons. The van der Waals surface area contributed by atoms with Crippen LogP contribution in [-0.2, 0) is 0 Å². The van der Waals surface area contributed by atoms with E-state index in [9.17, 15) is 4.91 Å². The van der Waals surface area contributed by atoms with Crippen LogP contribution in [-0.4, -0.2) is 6.54 Å². The molecule has 0 N–H and O–H groups in total. The molecule has 0 bridgehead atoms. The number of hydrogen-bond acceptors (Lipinski definition) is 2. The number of nitroso groups, excluding NO2 is 1. The Morgan fingerprint density at radius 2 is 2.10 bits per heavy atom. The third kappa shape index (κ3) is 5.73. The molecule has 0 fully saturated rings. The molecule has 0 spiro atoms. The van der Waals surface area contributed by atoms with Gasteiger partial charge >= 0.3 is 0 Å². The molecule has 0 aliphatic rings. The molecule has 0 aliphatic carbocycles. The summed E-state index contributed by atoms with van der Waals surface area (Å²) in [6, 6.07) is 0. The third-order valence-corrected chi connectivity index (χ3v) is 1.89. The lowest BCUT2D eigenvalue weighted by atomic mass is 10.0. The topological polar surface area (TPSA) is 29.4 Å². The molecule has 0 aliphatic heterocycles. The average molecular weight is 143 g/mol. The fraction of sp³-hybridized carbons (Fsp3) is 1.00. The van der Waals surface area contributed by atoms with E-state index < -0.39 is 0 Å². The first-order valence-electron chi connectivity index (χ1n) is 4.10. The summed E-state index contributed by atoms with van der Waals surface area (Å²) in [6.45, 7) is 4.94. The van der Waals surface area contributed by atoms with Gasteiger partial charge in [0.25, 0.3) is 0 Å². The Balaban J connectivity index is 2.95.